The summed E-state index contributed by atoms with van der Waals surface area (Å²) >= 11 is 6.37. The maximum absolute atomic E-state index is 12.2. The first-order chi connectivity index (χ1) is 12.0. The van der Waals surface area contributed by atoms with Crippen LogP contribution in [0.2, 0.25) is 5.02 Å². The Balaban J connectivity index is 1.59. The SMILES string of the molecule is CC(C)CNC(=O)C1CCN(Cc2cc(Cl)c3c(c2)OCCCO3)C1. The lowest BCUT2D eigenvalue weighted by atomic mass is 10.1. The van der Waals surface area contributed by atoms with Gasteiger partial charge in [0, 0.05) is 26.1 Å². The van der Waals surface area contributed by atoms with E-state index in [0.717, 1.165) is 50.3 Å². The lowest BCUT2D eigenvalue weighted by molar-refractivity contribution is -0.124. The van der Waals surface area contributed by atoms with E-state index in [1.54, 1.807) is 0 Å². The molecule has 6 heteroatoms. The fourth-order valence-corrected chi connectivity index (χ4v) is 3.56. The number of carbonyl (C=O) groups is 1. The van der Waals surface area contributed by atoms with Gasteiger partial charge in [-0.05, 0) is 36.6 Å². The Hall–Kier alpha value is -1.46. The van der Waals surface area contributed by atoms with Crippen LogP contribution in [0.3, 0.4) is 0 Å². The average Bonchev–Trinajstić information content (AvgIpc) is 2.89. The van der Waals surface area contributed by atoms with Crippen LogP contribution in [-0.2, 0) is 11.3 Å². The molecule has 0 bridgehead atoms. The zero-order valence-electron chi connectivity index (χ0n) is 15.0. The molecule has 138 valence electrons. The fraction of sp³-hybridized carbons (Fsp3) is 0.632. The van der Waals surface area contributed by atoms with Crippen LogP contribution in [0.5, 0.6) is 11.5 Å². The van der Waals surface area contributed by atoms with Crippen LogP contribution >= 0.6 is 11.6 Å². The maximum atomic E-state index is 12.2. The third-order valence-corrected chi connectivity index (χ3v) is 4.88. The second-order valence-electron chi connectivity index (χ2n) is 7.32. The molecule has 5 nitrogen and oxygen atoms in total. The number of halogens is 1. The van der Waals surface area contributed by atoms with Gasteiger partial charge < -0.3 is 14.8 Å². The Morgan fingerprint density at radius 2 is 2.16 bits per heavy atom. The van der Waals surface area contributed by atoms with Gasteiger partial charge >= 0.3 is 0 Å². The minimum atomic E-state index is 0.0784. The number of hydrogen-bond acceptors (Lipinski definition) is 4. The third-order valence-electron chi connectivity index (χ3n) is 4.60. The van der Waals surface area contributed by atoms with E-state index >= 15 is 0 Å². The van der Waals surface area contributed by atoms with Gasteiger partial charge in [-0.15, -0.1) is 0 Å². The molecule has 1 fully saturated rings. The van der Waals surface area contributed by atoms with Gasteiger partial charge in [0.05, 0.1) is 24.2 Å². The zero-order chi connectivity index (χ0) is 17.8. The largest absolute Gasteiger partial charge is 0.489 e. The molecule has 2 heterocycles. The molecule has 0 saturated carbocycles. The zero-order valence-corrected chi connectivity index (χ0v) is 15.8. The number of benzene rings is 1. The lowest BCUT2D eigenvalue weighted by Crippen LogP contribution is -2.34. The summed E-state index contributed by atoms with van der Waals surface area (Å²) in [5, 5.41) is 3.64. The third kappa shape index (κ3) is 4.79. The molecule has 1 aromatic carbocycles. The molecule has 0 aliphatic carbocycles. The van der Waals surface area contributed by atoms with Crippen LogP contribution in [0.4, 0.5) is 0 Å². The summed E-state index contributed by atoms with van der Waals surface area (Å²) in [5.41, 5.74) is 1.09. The molecule has 2 aliphatic heterocycles. The summed E-state index contributed by atoms with van der Waals surface area (Å²) in [5.74, 6) is 2.11. The van der Waals surface area contributed by atoms with E-state index < -0.39 is 0 Å². The van der Waals surface area contributed by atoms with Gasteiger partial charge in [0.1, 0.15) is 0 Å². The van der Waals surface area contributed by atoms with Crippen LogP contribution < -0.4 is 14.8 Å². The molecule has 1 aromatic rings. The number of rotatable bonds is 5. The van der Waals surface area contributed by atoms with E-state index in [-0.39, 0.29) is 11.8 Å². The molecular weight excluding hydrogens is 340 g/mol. The Morgan fingerprint density at radius 1 is 1.36 bits per heavy atom. The second kappa shape index (κ2) is 8.28. The Kier molecular flexibility index (Phi) is 6.07. The van der Waals surface area contributed by atoms with Crippen LogP contribution in [0, 0.1) is 11.8 Å². The molecule has 1 N–H and O–H groups in total. The van der Waals surface area contributed by atoms with Crippen LogP contribution in [0.1, 0.15) is 32.3 Å². The minimum absolute atomic E-state index is 0.0784. The molecule has 25 heavy (non-hydrogen) atoms. The molecule has 3 rings (SSSR count). The van der Waals surface area contributed by atoms with Crippen molar-refractivity contribution in [2.75, 3.05) is 32.8 Å². The van der Waals surface area contributed by atoms with E-state index in [1.807, 2.05) is 12.1 Å². The van der Waals surface area contributed by atoms with Gasteiger partial charge in [-0.25, -0.2) is 0 Å². The molecule has 0 radical (unpaired) electrons. The van der Waals surface area contributed by atoms with Crippen LogP contribution in [-0.4, -0.2) is 43.7 Å². The van der Waals surface area contributed by atoms with E-state index in [9.17, 15) is 4.79 Å². The lowest BCUT2D eigenvalue weighted by Gasteiger charge is -2.18. The molecule has 1 saturated heterocycles. The molecule has 1 unspecified atom stereocenters. The van der Waals surface area contributed by atoms with E-state index in [4.69, 9.17) is 21.1 Å². The van der Waals surface area contributed by atoms with Crippen molar-refractivity contribution in [3.8, 4) is 11.5 Å². The van der Waals surface area contributed by atoms with Crippen molar-refractivity contribution < 1.29 is 14.3 Å². The van der Waals surface area contributed by atoms with Gasteiger partial charge in [0.25, 0.3) is 0 Å². The predicted octanol–water partition coefficient (Wildman–Crippen LogP) is 3.10. The highest BCUT2D eigenvalue weighted by molar-refractivity contribution is 6.32. The van der Waals surface area contributed by atoms with E-state index in [2.05, 4.69) is 24.1 Å². The number of amides is 1. The van der Waals surface area contributed by atoms with Gasteiger partial charge in [0.15, 0.2) is 11.5 Å². The monoisotopic (exact) mass is 366 g/mol. The number of fused-ring (bicyclic) bond motifs is 1. The highest BCUT2D eigenvalue weighted by Gasteiger charge is 2.28. The van der Waals surface area contributed by atoms with Crippen molar-refractivity contribution in [1.82, 2.24) is 10.2 Å². The predicted molar refractivity (Wildman–Crippen MR) is 98.3 cm³/mol. The number of nitrogens with one attached hydrogen (secondary N) is 1. The topological polar surface area (TPSA) is 50.8 Å². The molecule has 1 amide bonds. The van der Waals surface area contributed by atoms with Crippen LogP contribution in [0.25, 0.3) is 0 Å². The Bertz CT molecular complexity index is 621. The smallest absolute Gasteiger partial charge is 0.224 e. The first-order valence-corrected chi connectivity index (χ1v) is 9.49. The van der Waals surface area contributed by atoms with Crippen molar-refractivity contribution in [3.05, 3.63) is 22.7 Å². The number of ether oxygens (including phenoxy) is 2. The van der Waals surface area contributed by atoms with Crippen LogP contribution in [0.15, 0.2) is 12.1 Å². The highest BCUT2D eigenvalue weighted by Crippen LogP contribution is 2.38. The Morgan fingerprint density at radius 3 is 2.96 bits per heavy atom. The van der Waals surface area contributed by atoms with Gasteiger partial charge in [-0.3, -0.25) is 9.69 Å². The van der Waals surface area contributed by atoms with Gasteiger partial charge in [0.2, 0.25) is 5.91 Å². The number of hydrogen-bond donors (Lipinski definition) is 1. The molecule has 0 aromatic heterocycles. The minimum Gasteiger partial charge on any atom is -0.489 e. The van der Waals surface area contributed by atoms with E-state index in [0.29, 0.717) is 29.9 Å². The van der Waals surface area contributed by atoms with Crippen molar-refractivity contribution in [2.45, 2.75) is 33.2 Å². The average molecular weight is 367 g/mol. The molecule has 2 aliphatic rings. The fourth-order valence-electron chi connectivity index (χ4n) is 3.27. The van der Waals surface area contributed by atoms with Gasteiger partial charge in [-0.2, -0.15) is 0 Å². The van der Waals surface area contributed by atoms with Crippen molar-refractivity contribution in [2.24, 2.45) is 11.8 Å². The quantitative estimate of drug-likeness (QED) is 0.870. The standard InChI is InChI=1S/C19H27ClN2O3/c1-13(2)10-21-19(23)15-4-5-22(12-15)11-14-8-16(20)18-17(9-14)24-6-3-7-25-18/h8-9,13,15H,3-7,10-12H2,1-2H3,(H,21,23). The number of likely N-dealkylation sites (tertiary alicyclic amines) is 1. The summed E-state index contributed by atoms with van der Waals surface area (Å²) in [7, 11) is 0. The van der Waals surface area contributed by atoms with Crippen molar-refractivity contribution in [1.29, 1.82) is 0 Å². The summed E-state index contributed by atoms with van der Waals surface area (Å²) in [6.07, 6.45) is 1.77. The molecule has 0 spiro atoms. The number of carbonyl (C=O) groups excluding carboxylic acids is 1. The summed E-state index contributed by atoms with van der Waals surface area (Å²) in [6.45, 7) is 8.71. The summed E-state index contributed by atoms with van der Waals surface area (Å²) in [4.78, 5) is 14.5. The van der Waals surface area contributed by atoms with Crippen molar-refractivity contribution in [3.63, 3.8) is 0 Å². The first kappa shape index (κ1) is 18.3. The highest BCUT2D eigenvalue weighted by atomic mass is 35.5. The normalized spacial score (nSPS) is 20.6. The van der Waals surface area contributed by atoms with Gasteiger partial charge in [-0.1, -0.05) is 25.4 Å². The number of nitrogens with zero attached hydrogens (tertiary/aromatic N) is 1. The molecule has 1 atom stereocenters. The van der Waals surface area contributed by atoms with Crippen molar-refractivity contribution >= 4 is 17.5 Å². The van der Waals surface area contributed by atoms with E-state index in [1.165, 1.54) is 0 Å². The second-order valence-corrected chi connectivity index (χ2v) is 7.72. The first-order valence-electron chi connectivity index (χ1n) is 9.11. The summed E-state index contributed by atoms with van der Waals surface area (Å²) in [6, 6.07) is 3.96. The summed E-state index contributed by atoms with van der Waals surface area (Å²) < 4.78 is 11.4. The maximum Gasteiger partial charge on any atom is 0.224 e. The Labute approximate surface area is 154 Å². The molecular formula is C19H27ClN2O3.